The number of carbonyl (C=O) groups excluding carboxylic acids is 1. The van der Waals surface area contributed by atoms with Crippen LogP contribution >= 0.6 is 11.6 Å². The van der Waals surface area contributed by atoms with Gasteiger partial charge in [-0.1, -0.05) is 30.7 Å². The number of benzene rings is 2. The molecule has 0 aliphatic heterocycles. The van der Waals surface area contributed by atoms with Gasteiger partial charge in [-0.2, -0.15) is 12.7 Å². The third-order valence-electron chi connectivity index (χ3n) is 4.86. The molecule has 1 heterocycles. The summed E-state index contributed by atoms with van der Waals surface area (Å²) in [5.74, 6) is 0.108. The van der Waals surface area contributed by atoms with Crippen molar-refractivity contribution in [2.45, 2.75) is 19.8 Å². The van der Waals surface area contributed by atoms with Gasteiger partial charge in [0, 0.05) is 36.3 Å². The molecular formula is C22H23ClN2O4S. The van der Waals surface area contributed by atoms with E-state index in [1.807, 2.05) is 32.0 Å². The van der Waals surface area contributed by atoms with Gasteiger partial charge in [0.15, 0.2) is 0 Å². The zero-order valence-corrected chi connectivity index (χ0v) is 18.7. The molecule has 0 spiro atoms. The predicted octanol–water partition coefficient (Wildman–Crippen LogP) is 4.54. The summed E-state index contributed by atoms with van der Waals surface area (Å²) in [5.41, 5.74) is 3.80. The first-order chi connectivity index (χ1) is 14.1. The highest BCUT2D eigenvalue weighted by atomic mass is 35.5. The van der Waals surface area contributed by atoms with Crippen LogP contribution in [-0.2, 0) is 10.3 Å². The van der Waals surface area contributed by atoms with Crippen LogP contribution in [0.25, 0.3) is 0 Å². The molecule has 0 amide bonds. The van der Waals surface area contributed by atoms with Gasteiger partial charge in [-0.05, 0) is 60.5 Å². The second-order valence-corrected chi connectivity index (χ2v) is 9.42. The Kier molecular flexibility index (Phi) is 6.36. The molecule has 0 aliphatic rings. The fourth-order valence-corrected chi connectivity index (χ4v) is 3.62. The molecule has 1 aromatic heterocycles. The van der Waals surface area contributed by atoms with E-state index in [0.29, 0.717) is 16.3 Å². The number of nitrogens with zero attached hydrogens (tertiary/aromatic N) is 1. The molecule has 6 nitrogen and oxygen atoms in total. The second kappa shape index (κ2) is 8.63. The monoisotopic (exact) mass is 446 g/mol. The van der Waals surface area contributed by atoms with E-state index in [-0.39, 0.29) is 17.5 Å². The largest absolute Gasteiger partial charge is 0.384 e. The Labute approximate surface area is 181 Å². The van der Waals surface area contributed by atoms with Crippen molar-refractivity contribution in [2.75, 3.05) is 14.1 Å². The molecule has 2 aromatic carbocycles. The molecule has 0 bridgehead atoms. The number of carbonyl (C=O) groups is 1. The molecular weight excluding hydrogens is 424 g/mol. The highest BCUT2D eigenvalue weighted by molar-refractivity contribution is 7.84. The molecule has 0 aliphatic carbocycles. The van der Waals surface area contributed by atoms with Crippen molar-refractivity contribution < 1.29 is 17.4 Å². The molecule has 158 valence electrons. The number of aromatic nitrogens is 1. The molecule has 0 radical (unpaired) electrons. The number of aryl methyl sites for hydroxylation is 1. The molecule has 0 fully saturated rings. The minimum Gasteiger partial charge on any atom is -0.371 e. The normalized spacial score (nSPS) is 12.7. The summed E-state index contributed by atoms with van der Waals surface area (Å²) in [6.07, 6.45) is 0. The van der Waals surface area contributed by atoms with Crippen LogP contribution in [-0.4, -0.2) is 37.6 Å². The van der Waals surface area contributed by atoms with Crippen LogP contribution in [0, 0.1) is 6.92 Å². The Morgan fingerprint density at radius 3 is 2.23 bits per heavy atom. The highest BCUT2D eigenvalue weighted by Gasteiger charge is 2.19. The topological polar surface area (TPSA) is 79.5 Å². The quantitative estimate of drug-likeness (QED) is 0.540. The Hall–Kier alpha value is -2.61. The first kappa shape index (κ1) is 22.1. The average Bonchev–Trinajstić information content (AvgIpc) is 3.09. The third-order valence-corrected chi connectivity index (χ3v) is 6.41. The van der Waals surface area contributed by atoms with Crippen molar-refractivity contribution in [3.05, 3.63) is 87.7 Å². The Balaban J connectivity index is 1.81. The van der Waals surface area contributed by atoms with Gasteiger partial charge in [0.2, 0.25) is 5.78 Å². The van der Waals surface area contributed by atoms with Crippen molar-refractivity contribution in [3.8, 4) is 5.75 Å². The molecule has 0 saturated carbocycles. The minimum atomic E-state index is -3.80. The van der Waals surface area contributed by atoms with Crippen molar-refractivity contribution in [1.29, 1.82) is 0 Å². The lowest BCUT2D eigenvalue weighted by atomic mass is 9.98. The number of nitrogens with one attached hydrogen (secondary N) is 1. The zero-order chi connectivity index (χ0) is 22.1. The van der Waals surface area contributed by atoms with E-state index in [1.54, 1.807) is 36.4 Å². The van der Waals surface area contributed by atoms with E-state index in [9.17, 15) is 13.2 Å². The first-order valence-corrected chi connectivity index (χ1v) is 11.0. The molecule has 8 heteroatoms. The molecule has 1 N–H and O–H groups in total. The van der Waals surface area contributed by atoms with Gasteiger partial charge in [-0.25, -0.2) is 0 Å². The van der Waals surface area contributed by atoms with Crippen molar-refractivity contribution >= 4 is 27.7 Å². The number of aromatic amines is 1. The zero-order valence-electron chi connectivity index (χ0n) is 17.1. The maximum Gasteiger partial charge on any atom is 0.384 e. The van der Waals surface area contributed by atoms with E-state index in [0.717, 1.165) is 21.1 Å². The smallest absolute Gasteiger partial charge is 0.371 e. The summed E-state index contributed by atoms with van der Waals surface area (Å²) in [6, 6.07) is 15.6. The Morgan fingerprint density at radius 2 is 1.67 bits per heavy atom. The van der Waals surface area contributed by atoms with Gasteiger partial charge in [0.05, 0.1) is 5.69 Å². The van der Waals surface area contributed by atoms with Crippen molar-refractivity contribution in [3.63, 3.8) is 0 Å². The second-order valence-electron chi connectivity index (χ2n) is 7.23. The van der Waals surface area contributed by atoms with Gasteiger partial charge in [-0.15, -0.1) is 0 Å². The van der Waals surface area contributed by atoms with Crippen LogP contribution in [0.3, 0.4) is 0 Å². The number of rotatable bonds is 7. The SMILES string of the molecule is Cc1cc(C(C)c2ccc(OS(=O)(=O)N(C)C)cc2)[nH]c1C(=O)c1ccc(Cl)cc1. The summed E-state index contributed by atoms with van der Waals surface area (Å²) in [7, 11) is -0.986. The van der Waals surface area contributed by atoms with E-state index < -0.39 is 10.3 Å². The molecule has 1 atom stereocenters. The fourth-order valence-electron chi connectivity index (χ4n) is 2.99. The van der Waals surface area contributed by atoms with Gasteiger partial charge in [0.1, 0.15) is 5.75 Å². The number of H-pyrrole nitrogens is 1. The van der Waals surface area contributed by atoms with Gasteiger partial charge < -0.3 is 9.17 Å². The van der Waals surface area contributed by atoms with Crippen LogP contribution in [0.2, 0.25) is 5.02 Å². The minimum absolute atomic E-state index is 0.0324. The fraction of sp³-hybridized carbons (Fsp3) is 0.227. The summed E-state index contributed by atoms with van der Waals surface area (Å²) >= 11 is 5.91. The van der Waals surface area contributed by atoms with E-state index in [4.69, 9.17) is 15.8 Å². The summed E-state index contributed by atoms with van der Waals surface area (Å²) in [6.45, 7) is 3.90. The number of halogens is 1. The number of hydrogen-bond donors (Lipinski definition) is 1. The maximum absolute atomic E-state index is 12.8. The average molecular weight is 447 g/mol. The standard InChI is InChI=1S/C22H23ClN2O4S/c1-14-13-20(24-21(14)22(26)17-5-9-18(23)10-6-17)15(2)16-7-11-19(12-8-16)29-30(27,28)25(3)4/h5-13,15,24H,1-4H3. The van der Waals surface area contributed by atoms with Gasteiger partial charge in [-0.3, -0.25) is 4.79 Å². The molecule has 3 aromatic rings. The number of hydrogen-bond acceptors (Lipinski definition) is 4. The molecule has 0 saturated heterocycles. The van der Waals surface area contributed by atoms with Crippen molar-refractivity contribution in [2.24, 2.45) is 0 Å². The van der Waals surface area contributed by atoms with Crippen LogP contribution in [0.5, 0.6) is 5.75 Å². The lowest BCUT2D eigenvalue weighted by Crippen LogP contribution is -2.27. The predicted molar refractivity (Wildman–Crippen MR) is 118 cm³/mol. The lowest BCUT2D eigenvalue weighted by molar-refractivity contribution is 0.103. The Bertz CT molecular complexity index is 1150. The van der Waals surface area contributed by atoms with Crippen LogP contribution < -0.4 is 4.18 Å². The Morgan fingerprint density at radius 1 is 1.07 bits per heavy atom. The lowest BCUT2D eigenvalue weighted by Gasteiger charge is -2.14. The summed E-state index contributed by atoms with van der Waals surface area (Å²) < 4.78 is 29.7. The van der Waals surface area contributed by atoms with Crippen LogP contribution in [0.1, 0.15) is 45.7 Å². The molecule has 30 heavy (non-hydrogen) atoms. The maximum atomic E-state index is 12.8. The first-order valence-electron chi connectivity index (χ1n) is 9.30. The van der Waals surface area contributed by atoms with E-state index >= 15 is 0 Å². The van der Waals surface area contributed by atoms with Crippen LogP contribution in [0.4, 0.5) is 0 Å². The molecule has 1 unspecified atom stereocenters. The van der Waals surface area contributed by atoms with Crippen molar-refractivity contribution in [1.82, 2.24) is 9.29 Å². The van der Waals surface area contributed by atoms with Crippen LogP contribution in [0.15, 0.2) is 54.6 Å². The summed E-state index contributed by atoms with van der Waals surface area (Å²) in [5, 5.41) is 0.579. The highest BCUT2D eigenvalue weighted by Crippen LogP contribution is 2.28. The third kappa shape index (κ3) is 4.75. The number of ketones is 1. The van der Waals surface area contributed by atoms with E-state index in [2.05, 4.69) is 4.98 Å². The van der Waals surface area contributed by atoms with Gasteiger partial charge in [0.25, 0.3) is 0 Å². The van der Waals surface area contributed by atoms with Gasteiger partial charge >= 0.3 is 10.3 Å². The molecule has 3 rings (SSSR count). The van der Waals surface area contributed by atoms with E-state index in [1.165, 1.54) is 14.1 Å². The summed E-state index contributed by atoms with van der Waals surface area (Å²) in [4.78, 5) is 16.1.